The van der Waals surface area contributed by atoms with Crippen molar-refractivity contribution in [1.82, 2.24) is 9.97 Å². The maximum absolute atomic E-state index is 12.8. The number of H-pyrrole nitrogens is 1. The van der Waals surface area contributed by atoms with Crippen LogP contribution >= 0.6 is 0 Å². The predicted molar refractivity (Wildman–Crippen MR) is 74.4 cm³/mol. The highest BCUT2D eigenvalue weighted by Crippen LogP contribution is 2.34. The van der Waals surface area contributed by atoms with Gasteiger partial charge in [0, 0.05) is 35.4 Å². The van der Waals surface area contributed by atoms with E-state index in [1.54, 1.807) is 24.5 Å². The number of fused-ring (bicyclic) bond motifs is 1. The van der Waals surface area contributed by atoms with Gasteiger partial charge in [0.25, 0.3) is 0 Å². The standard InChI is InChI=1S/C15H12F3N3/c16-15(17,18)10-1-2-13-11(6-10)12(8-21-13)14-5-9(7-19)3-4-20-14/h1-6,8,21H,7,19H2. The summed E-state index contributed by atoms with van der Waals surface area (Å²) in [5.74, 6) is 0. The summed E-state index contributed by atoms with van der Waals surface area (Å²) in [5, 5.41) is 0.492. The SMILES string of the molecule is NCc1ccnc(-c2c[nH]c3ccc(C(F)(F)F)cc23)c1. The van der Waals surface area contributed by atoms with E-state index in [4.69, 9.17) is 5.73 Å². The Balaban J connectivity index is 2.18. The van der Waals surface area contributed by atoms with Crippen molar-refractivity contribution in [3.63, 3.8) is 0 Å². The highest BCUT2D eigenvalue weighted by atomic mass is 19.4. The lowest BCUT2D eigenvalue weighted by atomic mass is 10.1. The maximum Gasteiger partial charge on any atom is 0.416 e. The summed E-state index contributed by atoms with van der Waals surface area (Å²) in [6.45, 7) is 0.353. The minimum absolute atomic E-state index is 0.353. The topological polar surface area (TPSA) is 54.7 Å². The number of nitrogens with two attached hydrogens (primary N) is 1. The molecule has 0 radical (unpaired) electrons. The molecule has 0 saturated heterocycles. The second kappa shape index (κ2) is 4.89. The lowest BCUT2D eigenvalue weighted by Gasteiger charge is -2.07. The first kappa shape index (κ1) is 13.6. The molecule has 0 fully saturated rings. The molecule has 1 aromatic carbocycles. The monoisotopic (exact) mass is 291 g/mol. The van der Waals surface area contributed by atoms with Gasteiger partial charge in [-0.15, -0.1) is 0 Å². The van der Waals surface area contributed by atoms with Crippen molar-refractivity contribution in [1.29, 1.82) is 0 Å². The van der Waals surface area contributed by atoms with E-state index in [1.165, 1.54) is 6.07 Å². The van der Waals surface area contributed by atoms with Gasteiger partial charge in [-0.1, -0.05) is 0 Å². The molecule has 3 aromatic rings. The van der Waals surface area contributed by atoms with Crippen molar-refractivity contribution in [3.8, 4) is 11.3 Å². The Hall–Kier alpha value is -2.34. The summed E-state index contributed by atoms with van der Waals surface area (Å²) in [6, 6.07) is 7.18. The molecule has 0 bridgehead atoms. The number of hydrogen-bond donors (Lipinski definition) is 2. The van der Waals surface area contributed by atoms with E-state index in [2.05, 4.69) is 9.97 Å². The third-order valence-corrected chi connectivity index (χ3v) is 3.35. The van der Waals surface area contributed by atoms with Crippen LogP contribution in [0.2, 0.25) is 0 Å². The lowest BCUT2D eigenvalue weighted by Crippen LogP contribution is -2.04. The fourth-order valence-electron chi connectivity index (χ4n) is 2.26. The van der Waals surface area contributed by atoms with Gasteiger partial charge in [-0.2, -0.15) is 13.2 Å². The average molecular weight is 291 g/mol. The van der Waals surface area contributed by atoms with Gasteiger partial charge >= 0.3 is 6.18 Å². The van der Waals surface area contributed by atoms with Gasteiger partial charge in [-0.25, -0.2) is 0 Å². The fourth-order valence-corrected chi connectivity index (χ4v) is 2.26. The van der Waals surface area contributed by atoms with E-state index >= 15 is 0 Å². The number of halogens is 3. The Morgan fingerprint density at radius 3 is 2.67 bits per heavy atom. The van der Waals surface area contributed by atoms with Crippen LogP contribution < -0.4 is 5.73 Å². The molecule has 0 unspecified atom stereocenters. The van der Waals surface area contributed by atoms with E-state index in [0.717, 1.165) is 17.7 Å². The molecule has 21 heavy (non-hydrogen) atoms. The molecule has 3 rings (SSSR count). The summed E-state index contributed by atoms with van der Waals surface area (Å²) < 4.78 is 38.5. The molecule has 108 valence electrons. The Morgan fingerprint density at radius 2 is 1.95 bits per heavy atom. The molecule has 0 saturated carbocycles. The van der Waals surface area contributed by atoms with Crippen LogP contribution in [0.1, 0.15) is 11.1 Å². The van der Waals surface area contributed by atoms with E-state index in [1.807, 2.05) is 0 Å². The van der Waals surface area contributed by atoms with E-state index in [0.29, 0.717) is 28.7 Å². The normalized spacial score (nSPS) is 12.0. The van der Waals surface area contributed by atoms with Gasteiger partial charge in [0.2, 0.25) is 0 Å². The summed E-state index contributed by atoms with van der Waals surface area (Å²) >= 11 is 0. The van der Waals surface area contributed by atoms with Crippen molar-refractivity contribution >= 4 is 10.9 Å². The fraction of sp³-hybridized carbons (Fsp3) is 0.133. The van der Waals surface area contributed by atoms with Crippen LogP contribution in [0.5, 0.6) is 0 Å². The van der Waals surface area contributed by atoms with Crippen LogP contribution in [-0.2, 0) is 12.7 Å². The third kappa shape index (κ3) is 2.50. The second-order valence-corrected chi connectivity index (χ2v) is 4.71. The Morgan fingerprint density at radius 1 is 1.14 bits per heavy atom. The summed E-state index contributed by atoms with van der Waals surface area (Å²) in [6.07, 6.45) is -1.10. The molecule has 3 N–H and O–H groups in total. The molecule has 0 aliphatic carbocycles. The predicted octanol–water partition coefficient (Wildman–Crippen LogP) is 3.71. The van der Waals surface area contributed by atoms with Crippen molar-refractivity contribution in [3.05, 3.63) is 53.9 Å². The maximum atomic E-state index is 12.8. The first-order chi connectivity index (χ1) is 9.99. The smallest absolute Gasteiger partial charge is 0.360 e. The Bertz CT molecular complexity index is 790. The third-order valence-electron chi connectivity index (χ3n) is 3.35. The van der Waals surface area contributed by atoms with E-state index in [-0.39, 0.29) is 0 Å². The second-order valence-electron chi connectivity index (χ2n) is 4.71. The highest BCUT2D eigenvalue weighted by molar-refractivity contribution is 5.95. The Kier molecular flexibility index (Phi) is 3.17. The molecule has 0 atom stereocenters. The molecule has 6 heteroatoms. The molecule has 0 aliphatic heterocycles. The first-order valence-electron chi connectivity index (χ1n) is 6.33. The lowest BCUT2D eigenvalue weighted by molar-refractivity contribution is -0.137. The van der Waals surface area contributed by atoms with Crippen molar-refractivity contribution in [2.24, 2.45) is 5.73 Å². The zero-order chi connectivity index (χ0) is 15.0. The number of alkyl halides is 3. The molecule has 0 amide bonds. The number of aromatic amines is 1. The minimum atomic E-state index is -4.37. The summed E-state index contributed by atoms with van der Waals surface area (Å²) in [5.41, 5.74) is 7.65. The van der Waals surface area contributed by atoms with Gasteiger partial charge in [0.15, 0.2) is 0 Å². The molecular weight excluding hydrogens is 279 g/mol. The van der Waals surface area contributed by atoms with Gasteiger partial charge in [-0.05, 0) is 35.9 Å². The number of aromatic nitrogens is 2. The van der Waals surface area contributed by atoms with Gasteiger partial charge in [0.1, 0.15) is 0 Å². The number of hydrogen-bond acceptors (Lipinski definition) is 2. The van der Waals surface area contributed by atoms with E-state index < -0.39 is 11.7 Å². The highest BCUT2D eigenvalue weighted by Gasteiger charge is 2.30. The molecular formula is C15H12F3N3. The molecule has 0 spiro atoms. The first-order valence-corrected chi connectivity index (χ1v) is 6.33. The Labute approximate surface area is 118 Å². The van der Waals surface area contributed by atoms with Crippen LogP contribution in [0, 0.1) is 0 Å². The van der Waals surface area contributed by atoms with Gasteiger partial charge in [0.05, 0.1) is 11.3 Å². The van der Waals surface area contributed by atoms with Crippen LogP contribution in [0.25, 0.3) is 22.2 Å². The number of pyridine rings is 1. The van der Waals surface area contributed by atoms with Crippen LogP contribution in [0.3, 0.4) is 0 Å². The van der Waals surface area contributed by atoms with Crippen LogP contribution in [-0.4, -0.2) is 9.97 Å². The number of rotatable bonds is 2. The molecule has 0 aliphatic rings. The number of nitrogens with zero attached hydrogens (tertiary/aromatic N) is 1. The zero-order valence-electron chi connectivity index (χ0n) is 10.9. The van der Waals surface area contributed by atoms with Crippen LogP contribution in [0.4, 0.5) is 13.2 Å². The number of benzene rings is 1. The van der Waals surface area contributed by atoms with Crippen molar-refractivity contribution < 1.29 is 13.2 Å². The molecule has 2 heterocycles. The summed E-state index contributed by atoms with van der Waals surface area (Å²) in [4.78, 5) is 7.18. The van der Waals surface area contributed by atoms with Gasteiger partial charge < -0.3 is 10.7 Å². The van der Waals surface area contributed by atoms with Crippen LogP contribution in [0.15, 0.2) is 42.7 Å². The molecule has 3 nitrogen and oxygen atoms in total. The average Bonchev–Trinajstić information content (AvgIpc) is 2.89. The van der Waals surface area contributed by atoms with Crippen molar-refractivity contribution in [2.75, 3.05) is 0 Å². The molecule has 2 aromatic heterocycles. The van der Waals surface area contributed by atoms with E-state index in [9.17, 15) is 13.2 Å². The zero-order valence-corrected chi connectivity index (χ0v) is 10.9. The largest absolute Gasteiger partial charge is 0.416 e. The summed E-state index contributed by atoms with van der Waals surface area (Å²) in [7, 11) is 0. The number of nitrogens with one attached hydrogen (secondary N) is 1. The quantitative estimate of drug-likeness (QED) is 0.756. The van der Waals surface area contributed by atoms with Crippen molar-refractivity contribution in [2.45, 2.75) is 12.7 Å². The van der Waals surface area contributed by atoms with Gasteiger partial charge in [-0.3, -0.25) is 4.98 Å². The minimum Gasteiger partial charge on any atom is -0.360 e.